The van der Waals surface area contributed by atoms with Crippen molar-refractivity contribution in [2.75, 3.05) is 6.61 Å². The number of unbranched alkanes of at least 4 members (excludes halogenated alkanes) is 1. The minimum absolute atomic E-state index is 0.228. The van der Waals surface area contributed by atoms with Crippen molar-refractivity contribution in [3.8, 4) is 0 Å². The van der Waals surface area contributed by atoms with Crippen LogP contribution in [0.4, 0.5) is 0 Å². The van der Waals surface area contributed by atoms with Gasteiger partial charge < -0.3 is 9.84 Å². The Bertz CT molecular complexity index is 283. The molecule has 0 saturated heterocycles. The van der Waals surface area contributed by atoms with Crippen LogP contribution in [0.5, 0.6) is 0 Å². The van der Waals surface area contributed by atoms with Crippen LogP contribution in [0, 0.1) is 11.8 Å². The van der Waals surface area contributed by atoms with E-state index in [1.165, 1.54) is 0 Å². The Morgan fingerprint density at radius 1 is 1.31 bits per heavy atom. The lowest BCUT2D eigenvalue weighted by molar-refractivity contribution is -0.148. The lowest BCUT2D eigenvalue weighted by Gasteiger charge is -2.19. The molecule has 4 heteroatoms. The van der Waals surface area contributed by atoms with Gasteiger partial charge >= 0.3 is 11.9 Å². The molecule has 0 aromatic carbocycles. The molecule has 0 fully saturated rings. The molecule has 1 aliphatic rings. The number of hydrogen-bond acceptors (Lipinski definition) is 3. The largest absolute Gasteiger partial charge is 0.481 e. The highest BCUT2D eigenvalue weighted by molar-refractivity contribution is 5.77. The molecule has 0 amide bonds. The molecule has 1 N–H and O–H groups in total. The average molecular weight is 226 g/mol. The highest BCUT2D eigenvalue weighted by atomic mass is 16.5. The predicted molar refractivity (Wildman–Crippen MR) is 58.9 cm³/mol. The molecule has 1 aliphatic carbocycles. The van der Waals surface area contributed by atoms with Crippen LogP contribution in [0.2, 0.25) is 0 Å². The zero-order chi connectivity index (χ0) is 12.0. The van der Waals surface area contributed by atoms with Gasteiger partial charge in [0.15, 0.2) is 0 Å². The van der Waals surface area contributed by atoms with E-state index in [0.717, 1.165) is 12.8 Å². The van der Waals surface area contributed by atoms with Gasteiger partial charge in [0.05, 0.1) is 18.4 Å². The van der Waals surface area contributed by atoms with E-state index >= 15 is 0 Å². The normalized spacial score (nSPS) is 24.1. The zero-order valence-corrected chi connectivity index (χ0v) is 9.52. The first-order valence-corrected chi connectivity index (χ1v) is 5.73. The quantitative estimate of drug-likeness (QED) is 0.442. The number of hydrogen-bond donors (Lipinski definition) is 1. The molecule has 0 aliphatic heterocycles. The molecule has 2 atom stereocenters. The smallest absolute Gasteiger partial charge is 0.312 e. The second kappa shape index (κ2) is 6.30. The fourth-order valence-electron chi connectivity index (χ4n) is 1.65. The van der Waals surface area contributed by atoms with Gasteiger partial charge in [0.25, 0.3) is 0 Å². The number of carboxylic acids is 1. The zero-order valence-electron chi connectivity index (χ0n) is 9.52. The van der Waals surface area contributed by atoms with E-state index in [1.54, 1.807) is 12.2 Å². The van der Waals surface area contributed by atoms with E-state index in [-0.39, 0.29) is 11.9 Å². The summed E-state index contributed by atoms with van der Waals surface area (Å²) >= 11 is 0. The number of carboxylic acid groups (broad SMARTS) is 1. The SMILES string of the molecule is CCCCOC(=O)C1C=CC(C(=O)O)CC1. The summed E-state index contributed by atoms with van der Waals surface area (Å²) in [5.74, 6) is -1.75. The van der Waals surface area contributed by atoms with E-state index in [2.05, 4.69) is 0 Å². The molecule has 0 bridgehead atoms. The molecule has 2 unspecified atom stereocenters. The molecule has 90 valence electrons. The number of carbonyl (C=O) groups excluding carboxylic acids is 1. The Kier molecular flexibility index (Phi) is 5.02. The first-order valence-electron chi connectivity index (χ1n) is 5.73. The number of esters is 1. The lowest BCUT2D eigenvalue weighted by atomic mass is 9.89. The Labute approximate surface area is 95.3 Å². The summed E-state index contributed by atoms with van der Waals surface area (Å²) in [5, 5.41) is 8.77. The van der Waals surface area contributed by atoms with Gasteiger partial charge in [0, 0.05) is 0 Å². The van der Waals surface area contributed by atoms with Gasteiger partial charge in [-0.1, -0.05) is 25.5 Å². The van der Waals surface area contributed by atoms with E-state index in [0.29, 0.717) is 19.4 Å². The maximum absolute atomic E-state index is 11.5. The molecule has 16 heavy (non-hydrogen) atoms. The highest BCUT2D eigenvalue weighted by Gasteiger charge is 2.25. The molecule has 4 nitrogen and oxygen atoms in total. The molecule has 0 saturated carbocycles. The van der Waals surface area contributed by atoms with Gasteiger partial charge in [-0.3, -0.25) is 9.59 Å². The van der Waals surface area contributed by atoms with Crippen molar-refractivity contribution in [1.82, 2.24) is 0 Å². The predicted octanol–water partition coefficient (Wildman–Crippen LogP) is 2.00. The van der Waals surface area contributed by atoms with Crippen LogP contribution in [-0.4, -0.2) is 23.7 Å². The minimum Gasteiger partial charge on any atom is -0.481 e. The Balaban J connectivity index is 2.37. The molecular formula is C12H18O4. The van der Waals surface area contributed by atoms with E-state index in [4.69, 9.17) is 9.84 Å². The van der Waals surface area contributed by atoms with Crippen molar-refractivity contribution in [2.45, 2.75) is 32.6 Å². The van der Waals surface area contributed by atoms with Gasteiger partial charge in [-0.25, -0.2) is 0 Å². The minimum atomic E-state index is -0.825. The van der Waals surface area contributed by atoms with Crippen LogP contribution >= 0.6 is 0 Å². The summed E-state index contributed by atoms with van der Waals surface area (Å²) in [6, 6.07) is 0. The summed E-state index contributed by atoms with van der Waals surface area (Å²) in [6.07, 6.45) is 6.21. The number of aliphatic carboxylic acids is 1. The fourth-order valence-corrected chi connectivity index (χ4v) is 1.65. The number of ether oxygens (including phenoxy) is 1. The van der Waals surface area contributed by atoms with Crippen LogP contribution < -0.4 is 0 Å². The molecule has 0 heterocycles. The number of rotatable bonds is 5. The fraction of sp³-hybridized carbons (Fsp3) is 0.667. The Morgan fingerprint density at radius 2 is 1.94 bits per heavy atom. The van der Waals surface area contributed by atoms with Gasteiger partial charge in [-0.15, -0.1) is 0 Å². The van der Waals surface area contributed by atoms with Crippen molar-refractivity contribution in [2.24, 2.45) is 11.8 Å². The first-order chi connectivity index (χ1) is 7.65. The summed E-state index contributed by atoms with van der Waals surface area (Å²) in [5.41, 5.74) is 0. The molecular weight excluding hydrogens is 208 g/mol. The van der Waals surface area contributed by atoms with Gasteiger partial charge in [0.1, 0.15) is 0 Å². The van der Waals surface area contributed by atoms with Crippen LogP contribution in [0.1, 0.15) is 32.6 Å². The van der Waals surface area contributed by atoms with Gasteiger partial charge in [-0.05, 0) is 19.3 Å². The molecule has 1 rings (SSSR count). The third kappa shape index (κ3) is 3.68. The third-order valence-corrected chi connectivity index (χ3v) is 2.73. The summed E-state index contributed by atoms with van der Waals surface area (Å²) in [6.45, 7) is 2.49. The Hall–Kier alpha value is -1.32. The average Bonchev–Trinajstić information content (AvgIpc) is 2.29. The summed E-state index contributed by atoms with van der Waals surface area (Å²) in [4.78, 5) is 22.2. The second-order valence-corrected chi connectivity index (χ2v) is 4.03. The summed E-state index contributed by atoms with van der Waals surface area (Å²) < 4.78 is 5.08. The van der Waals surface area contributed by atoms with Crippen LogP contribution in [0.15, 0.2) is 12.2 Å². The van der Waals surface area contributed by atoms with Crippen molar-refractivity contribution in [1.29, 1.82) is 0 Å². The summed E-state index contributed by atoms with van der Waals surface area (Å²) in [7, 11) is 0. The van der Waals surface area contributed by atoms with Crippen LogP contribution in [0.3, 0.4) is 0 Å². The standard InChI is InChI=1S/C12H18O4/c1-2-3-8-16-12(15)10-6-4-9(5-7-10)11(13)14/h4,6,9-10H,2-3,5,7-8H2,1H3,(H,13,14). The second-order valence-electron chi connectivity index (χ2n) is 4.03. The van der Waals surface area contributed by atoms with Crippen LogP contribution in [0.25, 0.3) is 0 Å². The topological polar surface area (TPSA) is 63.6 Å². The molecule has 0 aromatic heterocycles. The van der Waals surface area contributed by atoms with Crippen LogP contribution in [-0.2, 0) is 14.3 Å². The monoisotopic (exact) mass is 226 g/mol. The van der Waals surface area contributed by atoms with E-state index in [9.17, 15) is 9.59 Å². The highest BCUT2D eigenvalue weighted by Crippen LogP contribution is 2.23. The Morgan fingerprint density at radius 3 is 2.44 bits per heavy atom. The van der Waals surface area contributed by atoms with Gasteiger partial charge in [0.2, 0.25) is 0 Å². The lowest BCUT2D eigenvalue weighted by Crippen LogP contribution is -2.23. The van der Waals surface area contributed by atoms with Gasteiger partial charge in [-0.2, -0.15) is 0 Å². The van der Waals surface area contributed by atoms with Crippen molar-refractivity contribution in [3.63, 3.8) is 0 Å². The first kappa shape index (κ1) is 12.7. The third-order valence-electron chi connectivity index (χ3n) is 2.73. The van der Waals surface area contributed by atoms with Crippen molar-refractivity contribution < 1.29 is 19.4 Å². The maximum atomic E-state index is 11.5. The van der Waals surface area contributed by atoms with E-state index in [1.807, 2.05) is 6.92 Å². The molecule has 0 radical (unpaired) electrons. The molecule has 0 spiro atoms. The van der Waals surface area contributed by atoms with Crippen molar-refractivity contribution >= 4 is 11.9 Å². The number of carbonyl (C=O) groups is 2. The molecule has 0 aromatic rings. The van der Waals surface area contributed by atoms with Crippen molar-refractivity contribution in [3.05, 3.63) is 12.2 Å². The van der Waals surface area contributed by atoms with E-state index < -0.39 is 11.9 Å². The maximum Gasteiger partial charge on any atom is 0.312 e.